The van der Waals surface area contributed by atoms with Gasteiger partial charge in [-0.2, -0.15) is 13.2 Å². The molecule has 156 valence electrons. The number of alkyl halides is 3. The molecule has 0 spiro atoms. The van der Waals surface area contributed by atoms with Crippen molar-refractivity contribution in [2.45, 2.75) is 26.6 Å². The van der Waals surface area contributed by atoms with Gasteiger partial charge < -0.3 is 9.30 Å². The highest BCUT2D eigenvalue weighted by Crippen LogP contribution is 2.23. The Morgan fingerprint density at radius 2 is 1.90 bits per heavy atom. The number of nitrogens with zero attached hydrogens (tertiary/aromatic N) is 2. The predicted molar refractivity (Wildman–Crippen MR) is 106 cm³/mol. The van der Waals surface area contributed by atoms with E-state index in [-0.39, 0.29) is 11.3 Å². The van der Waals surface area contributed by atoms with Crippen LogP contribution < -0.4 is 0 Å². The molecule has 0 N–H and O–H groups in total. The Labute approximate surface area is 170 Å². The Balaban J connectivity index is 1.66. The summed E-state index contributed by atoms with van der Waals surface area (Å²) < 4.78 is 44.1. The van der Waals surface area contributed by atoms with E-state index < -0.39 is 31.1 Å². The topological polar surface area (TPSA) is 61.2 Å². The van der Waals surface area contributed by atoms with Gasteiger partial charge in [-0.15, -0.1) is 0 Å². The molecule has 0 atom stereocenters. The maximum absolute atomic E-state index is 12.7. The van der Waals surface area contributed by atoms with E-state index in [1.165, 1.54) is 32.1 Å². The number of fused-ring (bicyclic) bond motifs is 1. The molecule has 0 aliphatic rings. The first kappa shape index (κ1) is 21.3. The quantitative estimate of drug-likeness (QED) is 0.333. The molecule has 0 saturated carbocycles. The number of ketones is 1. The summed E-state index contributed by atoms with van der Waals surface area (Å²) in [6.45, 7) is 1.18. The summed E-state index contributed by atoms with van der Waals surface area (Å²) in [6, 6.07) is 10.6. The summed E-state index contributed by atoms with van der Waals surface area (Å²) >= 11 is 0. The number of Topliss-reactive ketones (excluding diaryl/α,β-unsaturated/α-hetero) is 1. The van der Waals surface area contributed by atoms with Crippen molar-refractivity contribution in [2.75, 3.05) is 6.61 Å². The highest BCUT2D eigenvalue weighted by atomic mass is 19.4. The number of aromatic nitrogens is 2. The summed E-state index contributed by atoms with van der Waals surface area (Å²) in [6.07, 6.45) is -0.0322. The maximum atomic E-state index is 12.7. The van der Waals surface area contributed by atoms with Crippen molar-refractivity contribution in [2.24, 2.45) is 0 Å². The molecule has 1 aromatic carbocycles. The molecule has 0 fully saturated rings. The van der Waals surface area contributed by atoms with Crippen LogP contribution >= 0.6 is 0 Å². The first-order valence-electron chi connectivity index (χ1n) is 9.11. The standard InChI is InChI=1S/C22H19F3N2O3/c1-14-11-18(15(2)27(14)13-22(23,24)25)19(28)12-30-20(29)9-8-17-6-3-5-16-7-4-10-26-21(16)17/h3-11H,12-13H2,1-2H3/b9-8+. The summed E-state index contributed by atoms with van der Waals surface area (Å²) in [5.74, 6) is -1.30. The van der Waals surface area contributed by atoms with Crippen LogP contribution in [0.15, 0.2) is 48.7 Å². The number of rotatable bonds is 6. The van der Waals surface area contributed by atoms with Gasteiger partial charge >= 0.3 is 12.1 Å². The molecule has 5 nitrogen and oxygen atoms in total. The second kappa shape index (κ2) is 8.52. The number of hydrogen-bond acceptors (Lipinski definition) is 4. The molecule has 0 aliphatic heterocycles. The average molecular weight is 416 g/mol. The zero-order valence-corrected chi connectivity index (χ0v) is 16.4. The number of aryl methyl sites for hydroxylation is 1. The Hall–Kier alpha value is -3.42. The molecule has 3 rings (SSSR count). The molecule has 0 aliphatic carbocycles. The number of benzene rings is 1. The Kier molecular flexibility index (Phi) is 6.05. The third-order valence-corrected chi connectivity index (χ3v) is 4.62. The van der Waals surface area contributed by atoms with Crippen LogP contribution in [-0.4, -0.2) is 34.1 Å². The van der Waals surface area contributed by atoms with E-state index in [9.17, 15) is 22.8 Å². The number of ether oxygens (including phenoxy) is 1. The van der Waals surface area contributed by atoms with Crippen LogP contribution in [-0.2, 0) is 16.1 Å². The summed E-state index contributed by atoms with van der Waals surface area (Å²) in [4.78, 5) is 28.6. The fourth-order valence-electron chi connectivity index (χ4n) is 3.19. The van der Waals surface area contributed by atoms with Gasteiger partial charge in [0.25, 0.3) is 0 Å². The van der Waals surface area contributed by atoms with E-state index in [0.29, 0.717) is 11.3 Å². The second-order valence-corrected chi connectivity index (χ2v) is 6.77. The Morgan fingerprint density at radius 1 is 1.17 bits per heavy atom. The van der Waals surface area contributed by atoms with E-state index in [4.69, 9.17) is 4.74 Å². The minimum atomic E-state index is -4.40. The maximum Gasteiger partial charge on any atom is 0.406 e. The van der Waals surface area contributed by atoms with Crippen molar-refractivity contribution in [1.82, 2.24) is 9.55 Å². The Morgan fingerprint density at radius 3 is 2.63 bits per heavy atom. The van der Waals surface area contributed by atoms with Crippen molar-refractivity contribution in [1.29, 1.82) is 0 Å². The fraction of sp³-hybridized carbons (Fsp3) is 0.227. The van der Waals surface area contributed by atoms with Crippen LogP contribution in [0, 0.1) is 13.8 Å². The van der Waals surface area contributed by atoms with Crippen molar-refractivity contribution >= 4 is 28.7 Å². The first-order valence-corrected chi connectivity index (χ1v) is 9.11. The normalized spacial score (nSPS) is 11.9. The van der Waals surface area contributed by atoms with Gasteiger partial charge in [-0.05, 0) is 32.1 Å². The van der Waals surface area contributed by atoms with E-state index in [2.05, 4.69) is 4.98 Å². The van der Waals surface area contributed by atoms with Gasteiger partial charge in [0.2, 0.25) is 5.78 Å². The lowest BCUT2D eigenvalue weighted by Gasteiger charge is -2.12. The van der Waals surface area contributed by atoms with Crippen molar-refractivity contribution in [3.8, 4) is 0 Å². The highest BCUT2D eigenvalue weighted by molar-refractivity contribution is 6.00. The Bertz CT molecular complexity index is 1130. The molecule has 0 saturated heterocycles. The van der Waals surface area contributed by atoms with Crippen LogP contribution in [0.1, 0.15) is 27.3 Å². The van der Waals surface area contributed by atoms with E-state index in [1.54, 1.807) is 18.3 Å². The molecule has 0 unspecified atom stereocenters. The smallest absolute Gasteiger partial charge is 0.406 e. The highest BCUT2D eigenvalue weighted by Gasteiger charge is 2.30. The molecule has 30 heavy (non-hydrogen) atoms. The molecule has 0 amide bonds. The predicted octanol–water partition coefficient (Wildman–Crippen LogP) is 4.65. The number of para-hydroxylation sites is 1. The zero-order chi connectivity index (χ0) is 21.9. The van der Waals surface area contributed by atoms with Gasteiger partial charge in [0.15, 0.2) is 6.61 Å². The van der Waals surface area contributed by atoms with Gasteiger partial charge in [-0.25, -0.2) is 4.79 Å². The van der Waals surface area contributed by atoms with Crippen LogP contribution in [0.2, 0.25) is 0 Å². The zero-order valence-electron chi connectivity index (χ0n) is 16.4. The molecule has 3 aromatic rings. The van der Waals surface area contributed by atoms with E-state index >= 15 is 0 Å². The summed E-state index contributed by atoms with van der Waals surface area (Å²) in [5, 5.41) is 0.914. The third-order valence-electron chi connectivity index (χ3n) is 4.62. The SMILES string of the molecule is Cc1cc(C(=O)COC(=O)/C=C/c2cccc3cccnc23)c(C)n1CC(F)(F)F. The number of carbonyl (C=O) groups excluding carboxylic acids is 2. The van der Waals surface area contributed by atoms with Crippen molar-refractivity contribution in [3.63, 3.8) is 0 Å². The minimum Gasteiger partial charge on any atom is -0.454 e. The van der Waals surface area contributed by atoms with Crippen LogP contribution in [0.5, 0.6) is 0 Å². The lowest BCUT2D eigenvalue weighted by Crippen LogP contribution is -2.20. The number of pyridine rings is 1. The molecule has 0 bridgehead atoms. The van der Waals surface area contributed by atoms with Gasteiger partial charge in [0.1, 0.15) is 6.54 Å². The minimum absolute atomic E-state index is 0.104. The largest absolute Gasteiger partial charge is 0.454 e. The molecule has 2 heterocycles. The second-order valence-electron chi connectivity index (χ2n) is 6.77. The summed E-state index contributed by atoms with van der Waals surface area (Å²) in [7, 11) is 0. The van der Waals surface area contributed by atoms with Crippen LogP contribution in [0.4, 0.5) is 13.2 Å². The van der Waals surface area contributed by atoms with Crippen LogP contribution in [0.3, 0.4) is 0 Å². The molecule has 0 radical (unpaired) electrons. The fourth-order valence-corrected chi connectivity index (χ4v) is 3.19. The average Bonchev–Trinajstić information content (AvgIpc) is 2.97. The number of halogens is 3. The molecular formula is C22H19F3N2O3. The number of esters is 1. The molecule has 8 heteroatoms. The monoisotopic (exact) mass is 416 g/mol. The van der Waals surface area contributed by atoms with Gasteiger partial charge in [-0.1, -0.05) is 24.3 Å². The lowest BCUT2D eigenvalue weighted by molar-refractivity contribution is -0.141. The lowest BCUT2D eigenvalue weighted by atomic mass is 10.1. The first-order chi connectivity index (χ1) is 14.2. The van der Waals surface area contributed by atoms with Gasteiger partial charge in [-0.3, -0.25) is 9.78 Å². The van der Waals surface area contributed by atoms with E-state index in [1.807, 2.05) is 18.2 Å². The van der Waals surface area contributed by atoms with Gasteiger partial charge in [0, 0.05) is 40.2 Å². The molecular weight excluding hydrogens is 397 g/mol. The van der Waals surface area contributed by atoms with Gasteiger partial charge in [0.05, 0.1) is 5.52 Å². The number of hydrogen-bond donors (Lipinski definition) is 0. The van der Waals surface area contributed by atoms with Crippen molar-refractivity contribution in [3.05, 3.63) is 71.2 Å². The molecule has 2 aromatic heterocycles. The third kappa shape index (κ3) is 4.94. The number of carbonyl (C=O) groups is 2. The van der Waals surface area contributed by atoms with Crippen molar-refractivity contribution < 1.29 is 27.5 Å². The van der Waals surface area contributed by atoms with E-state index in [0.717, 1.165) is 15.5 Å². The van der Waals surface area contributed by atoms with Crippen LogP contribution in [0.25, 0.3) is 17.0 Å². The summed E-state index contributed by atoms with van der Waals surface area (Å²) in [5.41, 5.74) is 2.03.